The van der Waals surface area contributed by atoms with Crippen LogP contribution in [-0.4, -0.2) is 20.5 Å². The lowest BCUT2D eigenvalue weighted by Gasteiger charge is -2.01. The zero-order valence-corrected chi connectivity index (χ0v) is 9.94. The molecule has 0 amide bonds. The fourth-order valence-electron chi connectivity index (χ4n) is 1.92. The van der Waals surface area contributed by atoms with Crippen molar-refractivity contribution in [1.82, 2.24) is 9.38 Å². The third kappa shape index (κ3) is 1.35. The molecule has 0 aliphatic heterocycles. The van der Waals surface area contributed by atoms with Gasteiger partial charge in [0.1, 0.15) is 10.4 Å². The van der Waals surface area contributed by atoms with Crippen LogP contribution < -0.4 is 0 Å². The van der Waals surface area contributed by atoms with Crippen LogP contribution in [0.3, 0.4) is 0 Å². The number of aromatic carboxylic acids is 1. The number of carbonyl (C=O) groups is 1. The molecule has 5 heteroatoms. The number of pyridine rings is 1. The number of halogens is 1. The van der Waals surface area contributed by atoms with Crippen molar-refractivity contribution in [3.05, 3.63) is 34.3 Å². The second-order valence-electron chi connectivity index (χ2n) is 3.98. The summed E-state index contributed by atoms with van der Waals surface area (Å²) in [5.41, 5.74) is 0.936. The quantitative estimate of drug-likeness (QED) is 0.920. The number of carboxylic acid groups (broad SMARTS) is 1. The first-order valence-corrected chi connectivity index (χ1v) is 5.87. The van der Waals surface area contributed by atoms with Crippen LogP contribution in [-0.2, 0) is 0 Å². The van der Waals surface area contributed by atoms with Gasteiger partial charge in [0.15, 0.2) is 0 Å². The number of imidazole rings is 1. The molecule has 2 heterocycles. The van der Waals surface area contributed by atoms with E-state index in [0.717, 1.165) is 18.7 Å². The van der Waals surface area contributed by atoms with Crippen molar-refractivity contribution in [3.8, 4) is 0 Å². The maximum atomic E-state index is 11.1. The number of nitrogens with zero attached hydrogens (tertiary/aromatic N) is 2. The van der Waals surface area contributed by atoms with E-state index >= 15 is 0 Å². The summed E-state index contributed by atoms with van der Waals surface area (Å²) in [6, 6.07) is 3.34. The van der Waals surface area contributed by atoms with Gasteiger partial charge < -0.3 is 9.51 Å². The second-order valence-corrected chi connectivity index (χ2v) is 4.73. The van der Waals surface area contributed by atoms with Gasteiger partial charge in [-0.05, 0) is 40.9 Å². The minimum absolute atomic E-state index is 0.286. The fraction of sp³-hybridized carbons (Fsp3) is 0.273. The topological polar surface area (TPSA) is 54.6 Å². The number of rotatable bonds is 2. The van der Waals surface area contributed by atoms with Crippen molar-refractivity contribution in [2.24, 2.45) is 0 Å². The van der Waals surface area contributed by atoms with Gasteiger partial charge in [-0.25, -0.2) is 9.78 Å². The summed E-state index contributed by atoms with van der Waals surface area (Å²) < 4.78 is 2.50. The number of carboxylic acids is 1. The zero-order valence-electron chi connectivity index (χ0n) is 8.35. The Morgan fingerprint density at radius 2 is 2.31 bits per heavy atom. The van der Waals surface area contributed by atoms with E-state index in [1.807, 2.05) is 10.6 Å². The van der Waals surface area contributed by atoms with Crippen LogP contribution in [0.2, 0.25) is 0 Å². The molecule has 1 saturated carbocycles. The highest BCUT2D eigenvalue weighted by Gasteiger charge is 2.29. The summed E-state index contributed by atoms with van der Waals surface area (Å²) in [4.78, 5) is 15.5. The van der Waals surface area contributed by atoms with Gasteiger partial charge in [0.2, 0.25) is 0 Å². The normalized spacial score (nSPS) is 15.6. The molecule has 0 atom stereocenters. The maximum absolute atomic E-state index is 11.1. The molecule has 1 N–H and O–H groups in total. The van der Waals surface area contributed by atoms with Gasteiger partial charge in [0.05, 0.1) is 11.1 Å². The van der Waals surface area contributed by atoms with Crippen molar-refractivity contribution in [2.45, 2.75) is 18.8 Å². The van der Waals surface area contributed by atoms with Crippen molar-refractivity contribution in [3.63, 3.8) is 0 Å². The Morgan fingerprint density at radius 3 is 2.94 bits per heavy atom. The molecule has 16 heavy (non-hydrogen) atoms. The van der Waals surface area contributed by atoms with E-state index in [4.69, 9.17) is 5.11 Å². The Bertz CT molecular complexity index is 587. The van der Waals surface area contributed by atoms with Gasteiger partial charge in [0, 0.05) is 12.1 Å². The standard InChI is InChI=1S/C11H9BrN2O2/c12-9-8-7(11(15)16)2-1-5-14(8)10(13-9)6-3-4-6/h1-2,5-6H,3-4H2,(H,15,16). The highest BCUT2D eigenvalue weighted by atomic mass is 79.9. The fourth-order valence-corrected chi connectivity index (χ4v) is 2.51. The Morgan fingerprint density at radius 1 is 1.56 bits per heavy atom. The van der Waals surface area contributed by atoms with Gasteiger partial charge >= 0.3 is 5.97 Å². The van der Waals surface area contributed by atoms with Crippen molar-refractivity contribution < 1.29 is 9.90 Å². The molecule has 0 radical (unpaired) electrons. The summed E-state index contributed by atoms with van der Waals surface area (Å²) in [6.07, 6.45) is 4.15. The molecule has 4 nitrogen and oxygen atoms in total. The third-order valence-electron chi connectivity index (χ3n) is 2.82. The van der Waals surface area contributed by atoms with E-state index in [9.17, 15) is 4.79 Å². The summed E-state index contributed by atoms with van der Waals surface area (Å²) in [5.74, 6) is 0.529. The number of fused-ring (bicyclic) bond motifs is 1. The first kappa shape index (κ1) is 9.84. The molecule has 0 bridgehead atoms. The molecule has 2 aromatic rings. The molecule has 0 unspecified atom stereocenters. The largest absolute Gasteiger partial charge is 0.478 e. The first-order valence-electron chi connectivity index (χ1n) is 5.08. The van der Waals surface area contributed by atoms with Crippen LogP contribution in [0.5, 0.6) is 0 Å². The monoisotopic (exact) mass is 280 g/mol. The van der Waals surface area contributed by atoms with Gasteiger partial charge in [0.25, 0.3) is 0 Å². The Labute approximate surface area is 100 Å². The molecule has 0 aromatic carbocycles. The summed E-state index contributed by atoms with van der Waals surface area (Å²) >= 11 is 3.34. The van der Waals surface area contributed by atoms with Gasteiger partial charge in [-0.3, -0.25) is 0 Å². The molecule has 1 fully saturated rings. The molecule has 1 aliphatic rings. The summed E-state index contributed by atoms with van der Waals surface area (Å²) in [7, 11) is 0. The van der Waals surface area contributed by atoms with E-state index < -0.39 is 5.97 Å². The molecule has 2 aromatic heterocycles. The lowest BCUT2D eigenvalue weighted by molar-refractivity contribution is 0.0698. The maximum Gasteiger partial charge on any atom is 0.337 e. The van der Waals surface area contributed by atoms with Crippen LogP contribution in [0, 0.1) is 0 Å². The highest BCUT2D eigenvalue weighted by molar-refractivity contribution is 9.10. The Balaban J connectivity index is 2.35. The van der Waals surface area contributed by atoms with Crippen LogP contribution in [0.4, 0.5) is 0 Å². The first-order chi connectivity index (χ1) is 7.68. The molecule has 0 saturated heterocycles. The SMILES string of the molecule is O=C(O)c1cccn2c(C3CC3)nc(Br)c12. The summed E-state index contributed by atoms with van der Waals surface area (Å²) in [6.45, 7) is 0. The predicted octanol–water partition coefficient (Wildman–Crippen LogP) is 2.67. The average Bonchev–Trinajstić information content (AvgIpc) is 3.04. The zero-order chi connectivity index (χ0) is 11.3. The Hall–Kier alpha value is -1.36. The predicted molar refractivity (Wildman–Crippen MR) is 61.8 cm³/mol. The van der Waals surface area contributed by atoms with E-state index in [2.05, 4.69) is 20.9 Å². The average molecular weight is 281 g/mol. The third-order valence-corrected chi connectivity index (χ3v) is 3.37. The van der Waals surface area contributed by atoms with E-state index in [-0.39, 0.29) is 5.56 Å². The van der Waals surface area contributed by atoms with Crippen LogP contribution in [0.25, 0.3) is 5.52 Å². The van der Waals surface area contributed by atoms with Crippen molar-refractivity contribution >= 4 is 27.4 Å². The number of hydrogen-bond acceptors (Lipinski definition) is 2. The van der Waals surface area contributed by atoms with E-state index in [0.29, 0.717) is 16.0 Å². The lowest BCUT2D eigenvalue weighted by Crippen LogP contribution is -2.00. The molecular formula is C11H9BrN2O2. The van der Waals surface area contributed by atoms with Crippen molar-refractivity contribution in [2.75, 3.05) is 0 Å². The highest BCUT2D eigenvalue weighted by Crippen LogP contribution is 2.41. The molecular weight excluding hydrogens is 272 g/mol. The lowest BCUT2D eigenvalue weighted by atomic mass is 10.2. The minimum atomic E-state index is -0.923. The van der Waals surface area contributed by atoms with Crippen LogP contribution in [0.1, 0.15) is 34.9 Å². The molecule has 0 spiro atoms. The Kier molecular flexibility index (Phi) is 2.04. The molecule has 82 valence electrons. The van der Waals surface area contributed by atoms with E-state index in [1.165, 1.54) is 0 Å². The second kappa shape index (κ2) is 3.31. The van der Waals surface area contributed by atoms with Gasteiger partial charge in [-0.1, -0.05) is 0 Å². The molecule has 1 aliphatic carbocycles. The van der Waals surface area contributed by atoms with Crippen molar-refractivity contribution in [1.29, 1.82) is 0 Å². The smallest absolute Gasteiger partial charge is 0.337 e. The number of hydrogen-bond donors (Lipinski definition) is 1. The number of aromatic nitrogens is 2. The summed E-state index contributed by atoms with van der Waals surface area (Å²) in [5, 5.41) is 9.11. The van der Waals surface area contributed by atoms with Crippen LogP contribution in [0.15, 0.2) is 22.9 Å². The molecule has 3 rings (SSSR count). The minimum Gasteiger partial charge on any atom is -0.478 e. The van der Waals surface area contributed by atoms with E-state index in [1.54, 1.807) is 12.1 Å². The van der Waals surface area contributed by atoms with Gasteiger partial charge in [-0.2, -0.15) is 0 Å². The van der Waals surface area contributed by atoms with Gasteiger partial charge in [-0.15, -0.1) is 0 Å². The van der Waals surface area contributed by atoms with Crippen LogP contribution >= 0.6 is 15.9 Å².